The summed E-state index contributed by atoms with van der Waals surface area (Å²) in [5.41, 5.74) is -0.616. The molecule has 27 heavy (non-hydrogen) atoms. The van der Waals surface area contributed by atoms with E-state index < -0.39 is 11.7 Å². The van der Waals surface area contributed by atoms with Gasteiger partial charge in [-0.3, -0.25) is 4.79 Å². The zero-order chi connectivity index (χ0) is 19.6. The molecule has 0 bridgehead atoms. The standard InChI is InChI=1S/C19H21F3N2O3/c1-12-5-3-6-13(2)24(12)18(25)16-10-27-17(23-16)11-26-15-8-4-7-14(9-15)19(20,21)22/h4,7-10,12-13H,3,5-6,11H2,1-2H3/t12-,13+. The SMILES string of the molecule is C[C@@H]1CCC[C@H](C)N1C(=O)c1coc(COc2cccc(C(F)(F)F)c2)n1. The highest BCUT2D eigenvalue weighted by Crippen LogP contribution is 2.31. The first-order valence-electron chi connectivity index (χ1n) is 8.83. The van der Waals surface area contributed by atoms with E-state index >= 15 is 0 Å². The summed E-state index contributed by atoms with van der Waals surface area (Å²) >= 11 is 0. The lowest BCUT2D eigenvalue weighted by Crippen LogP contribution is -2.47. The summed E-state index contributed by atoms with van der Waals surface area (Å²) in [6, 6.07) is 4.82. The van der Waals surface area contributed by atoms with E-state index in [0.29, 0.717) is 0 Å². The minimum atomic E-state index is -4.44. The van der Waals surface area contributed by atoms with Crippen molar-refractivity contribution in [2.24, 2.45) is 0 Å². The van der Waals surface area contributed by atoms with Crippen molar-refractivity contribution in [3.8, 4) is 5.75 Å². The molecule has 0 N–H and O–H groups in total. The van der Waals surface area contributed by atoms with Crippen molar-refractivity contribution in [3.63, 3.8) is 0 Å². The van der Waals surface area contributed by atoms with Crippen molar-refractivity contribution in [1.82, 2.24) is 9.88 Å². The van der Waals surface area contributed by atoms with Gasteiger partial charge in [0, 0.05) is 12.1 Å². The molecule has 1 aliphatic heterocycles. The summed E-state index contributed by atoms with van der Waals surface area (Å²) in [4.78, 5) is 18.6. The summed E-state index contributed by atoms with van der Waals surface area (Å²) in [6.07, 6.45) is -0.204. The number of hydrogen-bond acceptors (Lipinski definition) is 4. The molecule has 0 radical (unpaired) electrons. The van der Waals surface area contributed by atoms with Crippen LogP contribution in [0.1, 0.15) is 55.1 Å². The van der Waals surface area contributed by atoms with E-state index in [1.165, 1.54) is 18.4 Å². The Hall–Kier alpha value is -2.51. The van der Waals surface area contributed by atoms with Gasteiger partial charge in [-0.25, -0.2) is 4.98 Å². The maximum atomic E-state index is 12.7. The largest absolute Gasteiger partial charge is 0.484 e. The highest BCUT2D eigenvalue weighted by molar-refractivity contribution is 5.92. The van der Waals surface area contributed by atoms with E-state index in [-0.39, 0.29) is 41.9 Å². The number of halogens is 3. The van der Waals surface area contributed by atoms with Gasteiger partial charge in [0.25, 0.3) is 5.91 Å². The normalized spacial score (nSPS) is 20.6. The topological polar surface area (TPSA) is 55.6 Å². The van der Waals surface area contributed by atoms with E-state index in [4.69, 9.17) is 9.15 Å². The van der Waals surface area contributed by atoms with Gasteiger partial charge < -0.3 is 14.1 Å². The molecule has 5 nitrogen and oxygen atoms in total. The molecular weight excluding hydrogens is 361 g/mol. The number of amides is 1. The number of aromatic nitrogens is 1. The second kappa shape index (κ2) is 7.62. The Kier molecular flexibility index (Phi) is 5.43. The molecule has 2 heterocycles. The Morgan fingerprint density at radius 3 is 2.67 bits per heavy atom. The molecule has 1 aromatic heterocycles. The summed E-state index contributed by atoms with van der Waals surface area (Å²) in [6.45, 7) is 3.84. The molecule has 1 saturated heterocycles. The summed E-state index contributed by atoms with van der Waals surface area (Å²) in [5, 5.41) is 0. The minimum Gasteiger partial charge on any atom is -0.484 e. The van der Waals surface area contributed by atoms with Crippen molar-refractivity contribution in [3.05, 3.63) is 47.7 Å². The van der Waals surface area contributed by atoms with Crippen molar-refractivity contribution in [1.29, 1.82) is 0 Å². The zero-order valence-electron chi connectivity index (χ0n) is 15.1. The molecule has 8 heteroatoms. The van der Waals surface area contributed by atoms with E-state index in [1.807, 2.05) is 13.8 Å². The Morgan fingerprint density at radius 1 is 1.30 bits per heavy atom. The lowest BCUT2D eigenvalue weighted by atomic mass is 9.97. The Labute approximate surface area is 155 Å². The van der Waals surface area contributed by atoms with Gasteiger partial charge in [-0.15, -0.1) is 0 Å². The summed E-state index contributed by atoms with van der Waals surface area (Å²) < 4.78 is 48.8. The molecular formula is C19H21F3N2O3. The molecule has 2 aromatic rings. The van der Waals surface area contributed by atoms with Gasteiger partial charge in [0.15, 0.2) is 12.3 Å². The first-order valence-corrected chi connectivity index (χ1v) is 8.83. The number of likely N-dealkylation sites (tertiary alicyclic amines) is 1. The highest BCUT2D eigenvalue weighted by atomic mass is 19.4. The van der Waals surface area contributed by atoms with E-state index in [2.05, 4.69) is 4.98 Å². The van der Waals surface area contributed by atoms with E-state index in [0.717, 1.165) is 31.4 Å². The molecule has 0 unspecified atom stereocenters. The van der Waals surface area contributed by atoms with Crippen molar-refractivity contribution in [2.75, 3.05) is 0 Å². The quantitative estimate of drug-likeness (QED) is 0.771. The molecule has 1 aromatic carbocycles. The van der Waals surface area contributed by atoms with Gasteiger partial charge in [0.2, 0.25) is 5.89 Å². The second-order valence-electron chi connectivity index (χ2n) is 6.78. The summed E-state index contributed by atoms with van der Waals surface area (Å²) in [5.74, 6) is -0.0222. The van der Waals surface area contributed by atoms with Crippen LogP contribution in [0.4, 0.5) is 13.2 Å². The number of benzene rings is 1. The van der Waals surface area contributed by atoms with Gasteiger partial charge >= 0.3 is 6.18 Å². The van der Waals surface area contributed by atoms with Gasteiger partial charge in [-0.1, -0.05) is 6.07 Å². The van der Waals surface area contributed by atoms with E-state index in [9.17, 15) is 18.0 Å². The number of carbonyl (C=O) groups excluding carboxylic acids is 1. The van der Waals surface area contributed by atoms with Crippen LogP contribution in [0.5, 0.6) is 5.75 Å². The number of rotatable bonds is 4. The van der Waals surface area contributed by atoms with Crippen LogP contribution >= 0.6 is 0 Å². The predicted molar refractivity (Wildman–Crippen MR) is 91.2 cm³/mol. The lowest BCUT2D eigenvalue weighted by molar-refractivity contribution is -0.137. The third-order valence-electron chi connectivity index (χ3n) is 4.72. The molecule has 1 amide bonds. The van der Waals surface area contributed by atoms with Gasteiger partial charge in [0.05, 0.1) is 5.56 Å². The average molecular weight is 382 g/mol. The fraction of sp³-hybridized carbons (Fsp3) is 0.474. The Bertz CT molecular complexity index is 793. The van der Waals surface area contributed by atoms with E-state index in [1.54, 1.807) is 4.90 Å². The maximum absolute atomic E-state index is 12.7. The van der Waals surface area contributed by atoms with Gasteiger partial charge in [-0.2, -0.15) is 13.2 Å². The lowest BCUT2D eigenvalue weighted by Gasteiger charge is -2.38. The highest BCUT2D eigenvalue weighted by Gasteiger charge is 2.32. The molecule has 2 atom stereocenters. The van der Waals surface area contributed by atoms with Crippen LogP contribution in [0, 0.1) is 0 Å². The van der Waals surface area contributed by atoms with Crippen molar-refractivity contribution in [2.45, 2.75) is 58.0 Å². The Morgan fingerprint density at radius 2 is 2.00 bits per heavy atom. The smallest absolute Gasteiger partial charge is 0.416 e. The predicted octanol–water partition coefficient (Wildman–Crippen LogP) is 4.68. The van der Waals surface area contributed by atoms with Crippen LogP contribution < -0.4 is 4.74 Å². The maximum Gasteiger partial charge on any atom is 0.416 e. The minimum absolute atomic E-state index is 0.0502. The third-order valence-corrected chi connectivity index (χ3v) is 4.72. The third kappa shape index (κ3) is 4.43. The molecule has 1 aliphatic rings. The fourth-order valence-corrected chi connectivity index (χ4v) is 3.34. The fourth-order valence-electron chi connectivity index (χ4n) is 3.34. The van der Waals surface area contributed by atoms with Gasteiger partial charge in [-0.05, 0) is 51.3 Å². The number of hydrogen-bond donors (Lipinski definition) is 0. The van der Waals surface area contributed by atoms with Crippen LogP contribution in [-0.2, 0) is 12.8 Å². The van der Waals surface area contributed by atoms with Crippen LogP contribution in [0.15, 0.2) is 34.9 Å². The van der Waals surface area contributed by atoms with Crippen molar-refractivity contribution >= 4 is 5.91 Å². The number of ether oxygens (including phenoxy) is 1. The first kappa shape index (κ1) is 19.3. The second-order valence-corrected chi connectivity index (χ2v) is 6.78. The van der Waals surface area contributed by atoms with Crippen LogP contribution in [0.2, 0.25) is 0 Å². The molecule has 3 rings (SSSR count). The molecule has 0 spiro atoms. The molecule has 1 fully saturated rings. The van der Waals surface area contributed by atoms with Crippen LogP contribution in [-0.4, -0.2) is 27.9 Å². The molecule has 146 valence electrons. The molecule has 0 saturated carbocycles. The number of carbonyl (C=O) groups is 1. The summed E-state index contributed by atoms with van der Waals surface area (Å²) in [7, 11) is 0. The number of nitrogens with zero attached hydrogens (tertiary/aromatic N) is 2. The Balaban J connectivity index is 1.65. The number of oxazole rings is 1. The van der Waals surface area contributed by atoms with Crippen LogP contribution in [0.3, 0.4) is 0 Å². The molecule has 0 aliphatic carbocycles. The van der Waals surface area contributed by atoms with Crippen LogP contribution in [0.25, 0.3) is 0 Å². The number of piperidine rings is 1. The number of alkyl halides is 3. The monoisotopic (exact) mass is 382 g/mol. The van der Waals surface area contributed by atoms with Gasteiger partial charge in [0.1, 0.15) is 12.0 Å². The average Bonchev–Trinajstić information content (AvgIpc) is 3.08. The zero-order valence-corrected chi connectivity index (χ0v) is 15.1. The first-order chi connectivity index (χ1) is 12.8. The van der Waals surface area contributed by atoms with Crippen molar-refractivity contribution < 1.29 is 27.1 Å².